The fourth-order valence-corrected chi connectivity index (χ4v) is 2.90. The third-order valence-corrected chi connectivity index (χ3v) is 4.80. The van der Waals surface area contributed by atoms with Crippen molar-refractivity contribution in [3.63, 3.8) is 0 Å². The van der Waals surface area contributed by atoms with Crippen LogP contribution in [0.3, 0.4) is 0 Å². The molecule has 3 rings (SSSR count). The first-order valence-corrected chi connectivity index (χ1v) is 8.43. The van der Waals surface area contributed by atoms with Crippen molar-refractivity contribution in [1.82, 2.24) is 5.32 Å². The molecule has 0 atom stereocenters. The first-order chi connectivity index (χ1) is 11.0. The molecule has 0 spiro atoms. The van der Waals surface area contributed by atoms with Crippen molar-refractivity contribution in [2.24, 2.45) is 0 Å². The average molecular weight is 348 g/mol. The average Bonchev–Trinajstić information content (AvgIpc) is 2.89. The van der Waals surface area contributed by atoms with Gasteiger partial charge in [-0.25, -0.2) is 0 Å². The highest BCUT2D eigenvalue weighted by Crippen LogP contribution is 2.24. The Kier molecular flexibility index (Phi) is 4.96. The van der Waals surface area contributed by atoms with E-state index >= 15 is 0 Å². The van der Waals surface area contributed by atoms with Gasteiger partial charge >= 0.3 is 0 Å². The van der Waals surface area contributed by atoms with E-state index in [-0.39, 0.29) is 0 Å². The maximum absolute atomic E-state index is 6.03. The second kappa shape index (κ2) is 6.96. The van der Waals surface area contributed by atoms with E-state index in [4.69, 9.17) is 27.6 Å². The summed E-state index contributed by atoms with van der Waals surface area (Å²) in [6.07, 6.45) is 0.898. The molecule has 0 fully saturated rings. The van der Waals surface area contributed by atoms with Gasteiger partial charge in [0.2, 0.25) is 0 Å². The highest BCUT2D eigenvalue weighted by atomic mass is 35.5. The molecule has 0 saturated carbocycles. The molecule has 2 aromatic carbocycles. The van der Waals surface area contributed by atoms with Crippen LogP contribution in [-0.2, 0) is 13.0 Å². The molecular weight excluding hydrogens is 329 g/mol. The van der Waals surface area contributed by atoms with E-state index < -0.39 is 0 Å². The third-order valence-electron chi connectivity index (χ3n) is 4.06. The molecule has 1 N–H and O–H groups in total. The summed E-state index contributed by atoms with van der Waals surface area (Å²) in [7, 11) is 0. The molecule has 0 aliphatic carbocycles. The van der Waals surface area contributed by atoms with Crippen molar-refractivity contribution in [3.05, 3.63) is 68.9 Å². The lowest BCUT2D eigenvalue weighted by Gasteiger charge is -2.04. The minimum absolute atomic E-state index is 0.594. The first kappa shape index (κ1) is 16.4. The highest BCUT2D eigenvalue weighted by molar-refractivity contribution is 6.42. The summed E-state index contributed by atoms with van der Waals surface area (Å²) < 4.78 is 5.89. The summed E-state index contributed by atoms with van der Waals surface area (Å²) in [5.74, 6) is 0.958. The summed E-state index contributed by atoms with van der Waals surface area (Å²) in [6.45, 7) is 5.80. The molecule has 0 bridgehead atoms. The predicted octanol–water partition coefficient (Wildman–Crippen LogP) is 5.69. The lowest BCUT2D eigenvalue weighted by Crippen LogP contribution is -2.16. The van der Waals surface area contributed by atoms with Crippen LogP contribution in [0.5, 0.6) is 0 Å². The van der Waals surface area contributed by atoms with E-state index in [9.17, 15) is 0 Å². The largest absolute Gasteiger partial charge is 0.460 e. The molecule has 0 amide bonds. The molecule has 0 saturated heterocycles. The molecule has 23 heavy (non-hydrogen) atoms. The molecule has 0 aliphatic heterocycles. The van der Waals surface area contributed by atoms with Gasteiger partial charge in [-0.3, -0.25) is 0 Å². The Morgan fingerprint density at radius 3 is 2.52 bits per heavy atom. The maximum atomic E-state index is 6.03. The number of hydrogen-bond acceptors (Lipinski definition) is 2. The summed E-state index contributed by atoms with van der Waals surface area (Å²) in [5.41, 5.74) is 4.67. The zero-order chi connectivity index (χ0) is 16.4. The molecule has 2 nitrogen and oxygen atoms in total. The zero-order valence-corrected chi connectivity index (χ0v) is 14.8. The topological polar surface area (TPSA) is 25.2 Å². The Balaban J connectivity index is 1.57. The first-order valence-electron chi connectivity index (χ1n) is 7.67. The third kappa shape index (κ3) is 3.89. The van der Waals surface area contributed by atoms with Crippen LogP contribution in [0.4, 0.5) is 0 Å². The quantitative estimate of drug-likeness (QED) is 0.599. The van der Waals surface area contributed by atoms with Crippen LogP contribution in [0.15, 0.2) is 40.8 Å². The number of fused-ring (bicyclic) bond motifs is 1. The number of benzene rings is 2. The van der Waals surface area contributed by atoms with Crippen molar-refractivity contribution < 1.29 is 4.42 Å². The zero-order valence-electron chi connectivity index (χ0n) is 13.2. The Hall–Kier alpha value is -1.48. The van der Waals surface area contributed by atoms with Gasteiger partial charge in [-0.15, -0.1) is 0 Å². The van der Waals surface area contributed by atoms with E-state index in [1.165, 1.54) is 16.7 Å². The van der Waals surface area contributed by atoms with Gasteiger partial charge in [-0.2, -0.15) is 0 Å². The molecule has 3 aromatic rings. The second-order valence-corrected chi connectivity index (χ2v) is 6.68. The molecule has 0 radical (unpaired) electrons. The van der Waals surface area contributed by atoms with E-state index in [1.54, 1.807) is 0 Å². The van der Waals surface area contributed by atoms with Crippen LogP contribution in [0.25, 0.3) is 11.0 Å². The van der Waals surface area contributed by atoms with Gasteiger partial charge in [0.25, 0.3) is 0 Å². The van der Waals surface area contributed by atoms with Crippen LogP contribution < -0.4 is 5.32 Å². The van der Waals surface area contributed by atoms with Gasteiger partial charge in [0.1, 0.15) is 11.3 Å². The molecule has 0 aliphatic rings. The lowest BCUT2D eigenvalue weighted by molar-refractivity contribution is 0.515. The number of rotatable bonds is 5. The molecular formula is C19H19Cl2NO. The molecule has 0 unspecified atom stereocenters. The molecule has 1 aromatic heterocycles. The Labute approximate surface area is 146 Å². The highest BCUT2D eigenvalue weighted by Gasteiger charge is 2.06. The number of nitrogens with one attached hydrogen (secondary N) is 1. The van der Waals surface area contributed by atoms with E-state index in [0.717, 1.165) is 29.7 Å². The van der Waals surface area contributed by atoms with E-state index in [0.29, 0.717) is 16.6 Å². The standard InChI is InChI=1S/C19H19Cl2NO/c1-12-7-15-10-16(23-19(15)8-13(12)2)11-22-6-5-14-3-4-17(20)18(21)9-14/h3-4,7-10,22H,5-6,11H2,1-2H3. The fraction of sp³-hybridized carbons (Fsp3) is 0.263. The van der Waals surface area contributed by atoms with Crippen LogP contribution in [0, 0.1) is 13.8 Å². The van der Waals surface area contributed by atoms with Gasteiger partial charge in [0.15, 0.2) is 0 Å². The van der Waals surface area contributed by atoms with Crippen LogP contribution >= 0.6 is 23.2 Å². The second-order valence-electron chi connectivity index (χ2n) is 5.86. The number of furan rings is 1. The predicted molar refractivity (Wildman–Crippen MR) is 97.6 cm³/mol. The summed E-state index contributed by atoms with van der Waals surface area (Å²) >= 11 is 11.9. The molecule has 120 valence electrons. The Morgan fingerprint density at radius 1 is 0.957 bits per heavy atom. The number of aryl methyl sites for hydroxylation is 2. The fourth-order valence-electron chi connectivity index (χ4n) is 2.58. The van der Waals surface area contributed by atoms with Crippen molar-refractivity contribution in [2.75, 3.05) is 6.54 Å². The Bertz CT molecular complexity index is 800. The molecule has 1 heterocycles. The SMILES string of the molecule is Cc1cc2cc(CNCCc3ccc(Cl)c(Cl)c3)oc2cc1C. The number of hydrogen-bond donors (Lipinski definition) is 1. The van der Waals surface area contributed by atoms with Crippen molar-refractivity contribution in [3.8, 4) is 0 Å². The van der Waals surface area contributed by atoms with Crippen LogP contribution in [0.1, 0.15) is 22.5 Å². The van der Waals surface area contributed by atoms with E-state index in [2.05, 4.69) is 37.4 Å². The van der Waals surface area contributed by atoms with E-state index in [1.807, 2.05) is 18.2 Å². The van der Waals surface area contributed by atoms with Gasteiger partial charge in [-0.05, 0) is 73.8 Å². The van der Waals surface area contributed by atoms with Crippen LogP contribution in [0.2, 0.25) is 10.0 Å². The maximum Gasteiger partial charge on any atom is 0.134 e. The monoisotopic (exact) mass is 347 g/mol. The van der Waals surface area contributed by atoms with Crippen LogP contribution in [-0.4, -0.2) is 6.54 Å². The normalized spacial score (nSPS) is 11.3. The minimum Gasteiger partial charge on any atom is -0.460 e. The number of halogens is 2. The van der Waals surface area contributed by atoms with Gasteiger partial charge in [-0.1, -0.05) is 29.3 Å². The lowest BCUT2D eigenvalue weighted by atomic mass is 10.1. The van der Waals surface area contributed by atoms with Gasteiger partial charge < -0.3 is 9.73 Å². The van der Waals surface area contributed by atoms with Gasteiger partial charge in [0, 0.05) is 5.39 Å². The van der Waals surface area contributed by atoms with Crippen molar-refractivity contribution in [1.29, 1.82) is 0 Å². The Morgan fingerprint density at radius 2 is 1.74 bits per heavy atom. The smallest absolute Gasteiger partial charge is 0.134 e. The molecule has 4 heteroatoms. The minimum atomic E-state index is 0.594. The van der Waals surface area contributed by atoms with Crippen molar-refractivity contribution in [2.45, 2.75) is 26.8 Å². The van der Waals surface area contributed by atoms with Gasteiger partial charge in [0.05, 0.1) is 16.6 Å². The summed E-state index contributed by atoms with van der Waals surface area (Å²) in [4.78, 5) is 0. The summed E-state index contributed by atoms with van der Waals surface area (Å²) in [5, 5.41) is 5.76. The summed E-state index contributed by atoms with van der Waals surface area (Å²) in [6, 6.07) is 12.1. The van der Waals surface area contributed by atoms with Crippen molar-refractivity contribution >= 4 is 34.2 Å².